The molecule has 0 atom stereocenters. The molecular weight excluding hydrogens is 485 g/mol. The Hall–Kier alpha value is -2.47. The molecule has 0 aliphatic heterocycles. The van der Waals surface area contributed by atoms with Crippen molar-refractivity contribution in [2.75, 3.05) is 0 Å². The number of hydrogen-bond donors (Lipinski definition) is 1. The summed E-state index contributed by atoms with van der Waals surface area (Å²) in [5.74, 6) is 1.36. The molecule has 6 heteroatoms. The zero-order valence-corrected chi connectivity index (χ0v) is 22.3. The van der Waals surface area contributed by atoms with Crippen LogP contribution in [0.3, 0.4) is 0 Å². The maximum atomic E-state index is 12.8. The van der Waals surface area contributed by atoms with Gasteiger partial charge in [0.25, 0.3) is 0 Å². The lowest BCUT2D eigenvalue weighted by Crippen LogP contribution is -2.26. The van der Waals surface area contributed by atoms with Crippen molar-refractivity contribution < 1.29 is 17.9 Å². The Morgan fingerprint density at radius 1 is 0.842 bits per heavy atom. The van der Waals surface area contributed by atoms with Crippen molar-refractivity contribution in [3.05, 3.63) is 54.2 Å². The molecule has 0 amide bonds. The van der Waals surface area contributed by atoms with Gasteiger partial charge in [-0.25, -0.2) is 0 Å². The zero-order chi connectivity index (χ0) is 26.5. The summed E-state index contributed by atoms with van der Waals surface area (Å²) in [6.07, 6.45) is 13.8. The van der Waals surface area contributed by atoms with Gasteiger partial charge >= 0.3 is 6.36 Å². The molecule has 38 heavy (non-hydrogen) atoms. The van der Waals surface area contributed by atoms with Crippen LogP contribution in [0.5, 0.6) is 5.75 Å². The van der Waals surface area contributed by atoms with E-state index in [1.54, 1.807) is 6.07 Å². The van der Waals surface area contributed by atoms with E-state index < -0.39 is 6.36 Å². The molecule has 2 N–H and O–H groups in total. The first-order valence-electron chi connectivity index (χ1n) is 14.6. The van der Waals surface area contributed by atoms with Crippen LogP contribution in [-0.2, 0) is 13.0 Å². The monoisotopic (exact) mass is 526 g/mol. The lowest BCUT2D eigenvalue weighted by atomic mass is 9.83. The maximum absolute atomic E-state index is 12.8. The maximum Gasteiger partial charge on any atom is 0.573 e. The number of nitrogens with zero attached hydrogens (tertiary/aromatic N) is 1. The molecule has 2 aliphatic rings. The minimum absolute atomic E-state index is 0.186. The summed E-state index contributed by atoms with van der Waals surface area (Å²) in [6, 6.07) is 13.0. The van der Waals surface area contributed by atoms with E-state index >= 15 is 0 Å². The predicted octanol–water partition coefficient (Wildman–Crippen LogP) is 9.02. The van der Waals surface area contributed by atoms with Crippen molar-refractivity contribution in [1.29, 1.82) is 0 Å². The highest BCUT2D eigenvalue weighted by atomic mass is 19.4. The third-order valence-corrected chi connectivity index (χ3v) is 8.74. The van der Waals surface area contributed by atoms with Crippen molar-refractivity contribution in [1.82, 2.24) is 4.57 Å². The quantitative estimate of drug-likeness (QED) is 0.283. The van der Waals surface area contributed by atoms with Gasteiger partial charge in [-0.15, -0.1) is 13.2 Å². The fourth-order valence-electron chi connectivity index (χ4n) is 6.65. The molecule has 1 aromatic heterocycles. The molecule has 0 spiro atoms. The normalized spacial score (nSPS) is 21.2. The lowest BCUT2D eigenvalue weighted by molar-refractivity contribution is -0.274. The second kappa shape index (κ2) is 12.1. The Morgan fingerprint density at radius 2 is 1.61 bits per heavy atom. The SMILES string of the molecule is NC1CCC(CCCCc2cn(CC3CCCCC3)c3ccc(-c4cccc(OC(F)(F)F)c4)cc23)CC1. The molecule has 206 valence electrons. The summed E-state index contributed by atoms with van der Waals surface area (Å²) < 4.78 is 45.0. The number of unbranched alkanes of at least 4 members (excludes halogenated alkanes) is 1. The number of aromatic nitrogens is 1. The highest BCUT2D eigenvalue weighted by Gasteiger charge is 2.31. The van der Waals surface area contributed by atoms with Crippen LogP contribution in [0.4, 0.5) is 13.2 Å². The number of fused-ring (bicyclic) bond motifs is 1. The van der Waals surface area contributed by atoms with Crippen LogP contribution in [0.15, 0.2) is 48.7 Å². The van der Waals surface area contributed by atoms with E-state index in [9.17, 15) is 13.2 Å². The van der Waals surface area contributed by atoms with Gasteiger partial charge < -0.3 is 15.0 Å². The molecule has 2 aliphatic carbocycles. The van der Waals surface area contributed by atoms with E-state index in [0.29, 0.717) is 6.04 Å². The topological polar surface area (TPSA) is 40.2 Å². The molecule has 3 nitrogen and oxygen atoms in total. The standard InChI is InChI=1S/C32H41F3N2O/c33-32(34,35)38-29-12-6-11-25(19-29)26-15-18-31-30(20-26)27(22-37(31)21-24-8-2-1-3-9-24)10-5-4-7-23-13-16-28(36)17-14-23/h6,11-12,15,18-20,22-24,28H,1-5,7-10,13-14,16-17,21,36H2. The van der Waals surface area contributed by atoms with Gasteiger partial charge in [-0.05, 0) is 104 Å². The average molecular weight is 527 g/mol. The largest absolute Gasteiger partial charge is 0.573 e. The van der Waals surface area contributed by atoms with E-state index in [0.717, 1.165) is 55.2 Å². The number of halogens is 3. The Labute approximate surface area is 224 Å². The van der Waals surface area contributed by atoms with Gasteiger partial charge in [0, 0.05) is 29.7 Å². The second-order valence-electron chi connectivity index (χ2n) is 11.6. The number of hydrogen-bond acceptors (Lipinski definition) is 2. The number of aryl methyl sites for hydroxylation is 1. The average Bonchev–Trinajstić information content (AvgIpc) is 3.24. The summed E-state index contributed by atoms with van der Waals surface area (Å²) in [5.41, 5.74) is 10.3. The van der Waals surface area contributed by atoms with Gasteiger partial charge in [-0.1, -0.05) is 50.3 Å². The highest BCUT2D eigenvalue weighted by molar-refractivity contribution is 5.89. The molecule has 2 fully saturated rings. The molecule has 5 rings (SSSR count). The zero-order valence-electron chi connectivity index (χ0n) is 22.3. The van der Waals surface area contributed by atoms with Gasteiger partial charge in [0.2, 0.25) is 0 Å². The highest BCUT2D eigenvalue weighted by Crippen LogP contribution is 2.34. The Bertz CT molecular complexity index is 1190. The third-order valence-electron chi connectivity index (χ3n) is 8.74. The van der Waals surface area contributed by atoms with Crippen molar-refractivity contribution in [2.45, 2.75) is 102 Å². The lowest BCUT2D eigenvalue weighted by Gasteiger charge is -2.25. The molecule has 0 bridgehead atoms. The Balaban J connectivity index is 1.35. The van der Waals surface area contributed by atoms with E-state index in [-0.39, 0.29) is 5.75 Å². The number of alkyl halides is 3. The molecule has 2 saturated carbocycles. The van der Waals surface area contributed by atoms with E-state index in [4.69, 9.17) is 5.73 Å². The van der Waals surface area contributed by atoms with E-state index in [1.807, 2.05) is 12.1 Å². The fourth-order valence-corrected chi connectivity index (χ4v) is 6.65. The van der Waals surface area contributed by atoms with Crippen LogP contribution in [0.2, 0.25) is 0 Å². The Morgan fingerprint density at radius 3 is 2.37 bits per heavy atom. The van der Waals surface area contributed by atoms with Crippen molar-refractivity contribution in [2.24, 2.45) is 17.6 Å². The summed E-state index contributed by atoms with van der Waals surface area (Å²) in [6.45, 7) is 1.05. The van der Waals surface area contributed by atoms with E-state index in [1.165, 1.54) is 86.4 Å². The first-order chi connectivity index (χ1) is 18.3. The molecule has 1 heterocycles. The number of nitrogens with two attached hydrogens (primary N) is 1. The van der Waals surface area contributed by atoms with Crippen molar-refractivity contribution >= 4 is 10.9 Å². The van der Waals surface area contributed by atoms with Crippen LogP contribution in [0.1, 0.15) is 82.6 Å². The predicted molar refractivity (Wildman–Crippen MR) is 148 cm³/mol. The summed E-state index contributed by atoms with van der Waals surface area (Å²) >= 11 is 0. The molecule has 0 radical (unpaired) electrons. The Kier molecular flexibility index (Phi) is 8.67. The molecule has 0 saturated heterocycles. The van der Waals surface area contributed by atoms with Crippen LogP contribution in [-0.4, -0.2) is 17.0 Å². The van der Waals surface area contributed by atoms with Gasteiger partial charge in [-0.3, -0.25) is 0 Å². The fraction of sp³-hybridized carbons (Fsp3) is 0.562. The molecule has 0 unspecified atom stereocenters. The minimum Gasteiger partial charge on any atom is -0.406 e. The van der Waals surface area contributed by atoms with Gasteiger partial charge in [-0.2, -0.15) is 0 Å². The number of benzene rings is 2. The smallest absolute Gasteiger partial charge is 0.406 e. The number of rotatable bonds is 9. The second-order valence-corrected chi connectivity index (χ2v) is 11.6. The molecule has 3 aromatic rings. The van der Waals surface area contributed by atoms with Crippen LogP contribution in [0.25, 0.3) is 22.0 Å². The van der Waals surface area contributed by atoms with Crippen LogP contribution in [0, 0.1) is 11.8 Å². The van der Waals surface area contributed by atoms with Gasteiger partial charge in [0.15, 0.2) is 0 Å². The van der Waals surface area contributed by atoms with Crippen molar-refractivity contribution in [3.8, 4) is 16.9 Å². The summed E-state index contributed by atoms with van der Waals surface area (Å²) in [4.78, 5) is 0. The van der Waals surface area contributed by atoms with Gasteiger partial charge in [0.05, 0.1) is 0 Å². The summed E-state index contributed by atoms with van der Waals surface area (Å²) in [5, 5.41) is 1.23. The molecular formula is C32H41F3N2O. The van der Waals surface area contributed by atoms with E-state index in [2.05, 4.69) is 27.6 Å². The van der Waals surface area contributed by atoms with Crippen LogP contribution < -0.4 is 10.5 Å². The first kappa shape index (κ1) is 27.1. The summed E-state index contributed by atoms with van der Waals surface area (Å²) in [7, 11) is 0. The van der Waals surface area contributed by atoms with Gasteiger partial charge in [0.1, 0.15) is 5.75 Å². The minimum atomic E-state index is -4.70. The van der Waals surface area contributed by atoms with Crippen LogP contribution >= 0.6 is 0 Å². The van der Waals surface area contributed by atoms with Crippen molar-refractivity contribution in [3.63, 3.8) is 0 Å². The first-order valence-corrected chi connectivity index (χ1v) is 14.6. The number of ether oxygens (including phenoxy) is 1. The molecule has 2 aromatic carbocycles. The third kappa shape index (κ3) is 7.13.